The van der Waals surface area contributed by atoms with E-state index in [1.165, 1.54) is 44.2 Å². The van der Waals surface area contributed by atoms with Gasteiger partial charge in [-0.15, -0.1) is 0 Å². The van der Waals surface area contributed by atoms with Crippen LogP contribution in [0.5, 0.6) is 0 Å². The van der Waals surface area contributed by atoms with Gasteiger partial charge < -0.3 is 0 Å². The maximum atomic E-state index is 4.87. The van der Waals surface area contributed by atoms with Crippen LogP contribution in [0.2, 0.25) is 0 Å². The molecule has 1 aliphatic rings. The van der Waals surface area contributed by atoms with E-state index in [4.69, 9.17) is 4.98 Å². The molecule has 0 N–H and O–H groups in total. The van der Waals surface area contributed by atoms with Crippen molar-refractivity contribution in [1.29, 1.82) is 0 Å². The first-order valence-electron chi connectivity index (χ1n) is 12.2. The lowest BCUT2D eigenvalue weighted by Crippen LogP contribution is -2.28. The van der Waals surface area contributed by atoms with Crippen LogP contribution in [0, 0.1) is 0 Å². The Labute approximate surface area is 219 Å². The molecule has 6 aromatic rings. The van der Waals surface area contributed by atoms with Crippen LogP contribution >= 0.6 is 15.9 Å². The summed E-state index contributed by atoms with van der Waals surface area (Å²) in [4.78, 5) is 4.87. The van der Waals surface area contributed by atoms with Crippen LogP contribution in [-0.4, -0.2) is 4.98 Å². The van der Waals surface area contributed by atoms with Crippen LogP contribution in [0.25, 0.3) is 33.2 Å². The molecule has 0 bridgehead atoms. The average Bonchev–Trinajstić information content (AvgIpc) is 3.25. The molecular formula is C34H22BrN. The van der Waals surface area contributed by atoms with Crippen molar-refractivity contribution < 1.29 is 0 Å². The standard InChI is InChI=1S/C34H22BrN/c35-26-15-9-10-23(22-26)33-30-19-18-28-27-16-7-8-17-31(27)34(24-11-3-1-4-12-24,25-13-5-2-6-14-25)32(28)29(30)20-21-36-33/h1-22H. The van der Waals surface area contributed by atoms with Gasteiger partial charge in [0.2, 0.25) is 0 Å². The molecule has 0 unspecified atom stereocenters. The quantitative estimate of drug-likeness (QED) is 0.225. The van der Waals surface area contributed by atoms with Crippen molar-refractivity contribution in [1.82, 2.24) is 4.98 Å². The van der Waals surface area contributed by atoms with Crippen LogP contribution < -0.4 is 0 Å². The predicted molar refractivity (Wildman–Crippen MR) is 152 cm³/mol. The van der Waals surface area contributed by atoms with Gasteiger partial charge in [0.25, 0.3) is 0 Å². The first-order valence-corrected chi connectivity index (χ1v) is 13.0. The number of hydrogen-bond acceptors (Lipinski definition) is 1. The van der Waals surface area contributed by atoms with Gasteiger partial charge in [-0.25, -0.2) is 0 Å². The highest BCUT2D eigenvalue weighted by Gasteiger charge is 2.47. The number of nitrogens with zero attached hydrogens (tertiary/aromatic N) is 1. The molecule has 0 aliphatic heterocycles. The Balaban J connectivity index is 1.67. The molecule has 1 heterocycles. The third-order valence-electron chi connectivity index (χ3n) is 7.45. The number of fused-ring (bicyclic) bond motifs is 5. The van der Waals surface area contributed by atoms with Gasteiger partial charge in [-0.1, -0.05) is 125 Å². The Morgan fingerprint density at radius 1 is 0.556 bits per heavy atom. The summed E-state index contributed by atoms with van der Waals surface area (Å²) in [5.74, 6) is 0. The van der Waals surface area contributed by atoms with E-state index < -0.39 is 5.41 Å². The second kappa shape index (κ2) is 8.29. The summed E-state index contributed by atoms with van der Waals surface area (Å²) < 4.78 is 1.05. The van der Waals surface area contributed by atoms with Gasteiger partial charge in [0.05, 0.1) is 11.1 Å². The minimum absolute atomic E-state index is 0.427. The Kier molecular flexibility index (Phi) is 4.90. The SMILES string of the molecule is Brc1cccc(-c2nccc3c4c(ccc23)-c2ccccc2C4(c2ccccc2)c2ccccc2)c1. The maximum Gasteiger partial charge on any atom is 0.0780 e. The molecule has 7 rings (SSSR count). The van der Waals surface area contributed by atoms with Crippen LogP contribution in [0.15, 0.2) is 138 Å². The van der Waals surface area contributed by atoms with Crippen molar-refractivity contribution in [3.05, 3.63) is 160 Å². The first-order chi connectivity index (χ1) is 17.8. The number of benzene rings is 5. The first kappa shape index (κ1) is 21.3. The summed E-state index contributed by atoms with van der Waals surface area (Å²) in [6.07, 6.45) is 1.96. The highest BCUT2D eigenvalue weighted by atomic mass is 79.9. The van der Waals surface area contributed by atoms with E-state index in [0.29, 0.717) is 0 Å². The van der Waals surface area contributed by atoms with Crippen LogP contribution in [0.3, 0.4) is 0 Å². The molecular weight excluding hydrogens is 502 g/mol. The van der Waals surface area contributed by atoms with Gasteiger partial charge in [0, 0.05) is 21.6 Å². The van der Waals surface area contributed by atoms with Crippen molar-refractivity contribution in [2.45, 2.75) is 5.41 Å². The smallest absolute Gasteiger partial charge is 0.0780 e. The largest absolute Gasteiger partial charge is 0.256 e. The van der Waals surface area contributed by atoms with Gasteiger partial charge in [-0.2, -0.15) is 0 Å². The van der Waals surface area contributed by atoms with Gasteiger partial charge in [0.1, 0.15) is 0 Å². The lowest BCUT2D eigenvalue weighted by molar-refractivity contribution is 0.775. The van der Waals surface area contributed by atoms with Crippen LogP contribution in [-0.2, 0) is 5.41 Å². The number of halogens is 1. The lowest BCUT2D eigenvalue weighted by Gasteiger charge is -2.34. The summed E-state index contributed by atoms with van der Waals surface area (Å²) in [5.41, 5.74) is 9.47. The van der Waals surface area contributed by atoms with Crippen LogP contribution in [0.4, 0.5) is 0 Å². The molecule has 170 valence electrons. The molecule has 1 aliphatic carbocycles. The zero-order valence-electron chi connectivity index (χ0n) is 19.5. The lowest BCUT2D eigenvalue weighted by atomic mass is 9.66. The highest BCUT2D eigenvalue weighted by Crippen LogP contribution is 2.58. The normalized spacial score (nSPS) is 13.4. The van der Waals surface area contributed by atoms with E-state index >= 15 is 0 Å². The van der Waals surface area contributed by atoms with E-state index in [1.54, 1.807) is 0 Å². The maximum absolute atomic E-state index is 4.87. The topological polar surface area (TPSA) is 12.9 Å². The summed E-state index contributed by atoms with van der Waals surface area (Å²) in [6, 6.07) is 45.9. The second-order valence-corrected chi connectivity index (χ2v) is 10.2. The molecule has 0 saturated carbocycles. The molecule has 36 heavy (non-hydrogen) atoms. The summed E-state index contributed by atoms with van der Waals surface area (Å²) >= 11 is 3.64. The zero-order valence-corrected chi connectivity index (χ0v) is 21.1. The van der Waals surface area contributed by atoms with Crippen molar-refractivity contribution in [3.63, 3.8) is 0 Å². The molecule has 0 saturated heterocycles. The summed E-state index contributed by atoms with van der Waals surface area (Å²) in [6.45, 7) is 0. The van der Waals surface area contributed by atoms with E-state index in [-0.39, 0.29) is 0 Å². The Morgan fingerprint density at radius 3 is 1.97 bits per heavy atom. The average molecular weight is 524 g/mol. The number of aromatic nitrogens is 1. The third-order valence-corrected chi connectivity index (χ3v) is 7.95. The summed E-state index contributed by atoms with van der Waals surface area (Å²) in [5, 5.41) is 2.40. The second-order valence-electron chi connectivity index (χ2n) is 9.28. The van der Waals surface area contributed by atoms with Gasteiger partial charge >= 0.3 is 0 Å². The van der Waals surface area contributed by atoms with Crippen molar-refractivity contribution in [3.8, 4) is 22.4 Å². The number of hydrogen-bond donors (Lipinski definition) is 0. The highest BCUT2D eigenvalue weighted by molar-refractivity contribution is 9.10. The van der Waals surface area contributed by atoms with E-state index in [2.05, 4.69) is 143 Å². The van der Waals surface area contributed by atoms with Crippen LogP contribution in [0.1, 0.15) is 22.3 Å². The van der Waals surface area contributed by atoms with E-state index in [9.17, 15) is 0 Å². The van der Waals surface area contributed by atoms with Gasteiger partial charge in [-0.05, 0) is 57.0 Å². The van der Waals surface area contributed by atoms with E-state index in [0.717, 1.165) is 15.7 Å². The van der Waals surface area contributed by atoms with Crippen molar-refractivity contribution in [2.24, 2.45) is 0 Å². The van der Waals surface area contributed by atoms with Crippen molar-refractivity contribution >= 4 is 26.7 Å². The van der Waals surface area contributed by atoms with Crippen molar-refractivity contribution in [2.75, 3.05) is 0 Å². The third kappa shape index (κ3) is 2.98. The minimum Gasteiger partial charge on any atom is -0.256 e. The molecule has 0 atom stereocenters. The molecule has 2 heteroatoms. The number of pyridine rings is 1. The summed E-state index contributed by atoms with van der Waals surface area (Å²) in [7, 11) is 0. The molecule has 0 fully saturated rings. The molecule has 1 nitrogen and oxygen atoms in total. The fourth-order valence-electron chi connectivity index (χ4n) is 6.07. The van der Waals surface area contributed by atoms with E-state index in [1.807, 2.05) is 6.20 Å². The monoisotopic (exact) mass is 523 g/mol. The zero-order chi connectivity index (χ0) is 24.1. The molecule has 0 amide bonds. The van der Waals surface area contributed by atoms with Gasteiger partial charge in [-0.3, -0.25) is 4.98 Å². The fraction of sp³-hybridized carbons (Fsp3) is 0.0294. The fourth-order valence-corrected chi connectivity index (χ4v) is 6.47. The molecule has 1 aromatic heterocycles. The molecule has 0 radical (unpaired) electrons. The molecule has 5 aromatic carbocycles. The van der Waals surface area contributed by atoms with Gasteiger partial charge in [0.15, 0.2) is 0 Å². The minimum atomic E-state index is -0.427. The Bertz CT molecular complexity index is 1700. The predicted octanol–water partition coefficient (Wildman–Crippen LogP) is 9.03. The Morgan fingerprint density at radius 2 is 1.25 bits per heavy atom. The number of rotatable bonds is 3. The molecule has 0 spiro atoms. The Hall–Kier alpha value is -4.01.